The molecule has 2 aromatic rings. The number of hydrogen-bond acceptors (Lipinski definition) is 3. The summed E-state index contributed by atoms with van der Waals surface area (Å²) in [4.78, 5) is 26.5. The lowest BCUT2D eigenvalue weighted by atomic mass is 9.98. The Hall–Kier alpha value is -2.60. The highest BCUT2D eigenvalue weighted by atomic mass is 35.5. The second kappa shape index (κ2) is 9.94. The van der Waals surface area contributed by atoms with E-state index in [-0.39, 0.29) is 34.4 Å². The molecule has 2 aromatic carbocycles. The normalized spacial score (nSPS) is 16.4. The zero-order chi connectivity index (χ0) is 21.7. The molecule has 1 aliphatic rings. The van der Waals surface area contributed by atoms with Crippen LogP contribution in [0.4, 0.5) is 4.39 Å². The van der Waals surface area contributed by atoms with Gasteiger partial charge in [0.15, 0.2) is 0 Å². The van der Waals surface area contributed by atoms with Crippen LogP contribution < -0.4 is 10.1 Å². The lowest BCUT2D eigenvalue weighted by Crippen LogP contribution is -2.41. The molecule has 5 nitrogen and oxygen atoms in total. The second-order valence-electron chi connectivity index (χ2n) is 7.85. The Morgan fingerprint density at radius 1 is 1.23 bits per heavy atom. The van der Waals surface area contributed by atoms with E-state index in [0.29, 0.717) is 31.0 Å². The first kappa shape index (κ1) is 22.1. The number of nitrogens with zero attached hydrogens (tertiary/aromatic N) is 1. The molecule has 1 fully saturated rings. The van der Waals surface area contributed by atoms with E-state index in [1.165, 1.54) is 18.2 Å². The van der Waals surface area contributed by atoms with Crippen molar-refractivity contribution in [2.75, 3.05) is 19.7 Å². The molecule has 0 bridgehead atoms. The summed E-state index contributed by atoms with van der Waals surface area (Å²) in [7, 11) is 0. The average Bonchev–Trinajstić information content (AvgIpc) is 2.73. The van der Waals surface area contributed by atoms with Gasteiger partial charge in [-0.05, 0) is 69.2 Å². The quantitative estimate of drug-likeness (QED) is 0.728. The maximum atomic E-state index is 13.5. The van der Waals surface area contributed by atoms with Crippen molar-refractivity contribution in [1.82, 2.24) is 10.2 Å². The monoisotopic (exact) mass is 432 g/mol. The van der Waals surface area contributed by atoms with Gasteiger partial charge >= 0.3 is 0 Å². The molecule has 0 aromatic heterocycles. The average molecular weight is 433 g/mol. The topological polar surface area (TPSA) is 58.6 Å². The van der Waals surface area contributed by atoms with Gasteiger partial charge in [0.25, 0.3) is 11.8 Å². The van der Waals surface area contributed by atoms with Crippen LogP contribution in [0.3, 0.4) is 0 Å². The van der Waals surface area contributed by atoms with E-state index < -0.39 is 5.82 Å². The summed E-state index contributed by atoms with van der Waals surface area (Å²) in [5.41, 5.74) is 0.769. The van der Waals surface area contributed by atoms with E-state index in [0.717, 1.165) is 12.8 Å². The van der Waals surface area contributed by atoms with Gasteiger partial charge in [0, 0.05) is 30.6 Å². The van der Waals surface area contributed by atoms with Crippen molar-refractivity contribution in [2.45, 2.75) is 32.7 Å². The molecule has 1 N–H and O–H groups in total. The summed E-state index contributed by atoms with van der Waals surface area (Å²) in [5, 5.41) is 3.10. The standard InChI is InChI=1S/C23H26ClFN2O3/c1-15(2)26-22(28)17-5-8-19(9-6-17)30-14-16-4-3-11-27(13-16)23(29)20-12-18(25)7-10-21(20)24/h5-10,12,15-16H,3-4,11,13-14H2,1-2H3,(H,26,28)/t16-/m1/s1. The Labute approximate surface area is 181 Å². The molecule has 0 unspecified atom stereocenters. The largest absolute Gasteiger partial charge is 0.493 e. The minimum Gasteiger partial charge on any atom is -0.493 e. The molecule has 0 spiro atoms. The molecule has 7 heteroatoms. The summed E-state index contributed by atoms with van der Waals surface area (Å²) < 4.78 is 19.4. The molecular weight excluding hydrogens is 407 g/mol. The van der Waals surface area contributed by atoms with Crippen LogP contribution in [0.15, 0.2) is 42.5 Å². The van der Waals surface area contributed by atoms with Gasteiger partial charge in [-0.2, -0.15) is 0 Å². The number of hydrogen-bond donors (Lipinski definition) is 1. The number of carbonyl (C=O) groups is 2. The molecule has 0 aliphatic carbocycles. The Balaban J connectivity index is 1.56. The van der Waals surface area contributed by atoms with E-state index in [1.807, 2.05) is 13.8 Å². The zero-order valence-corrected chi connectivity index (χ0v) is 17.9. The van der Waals surface area contributed by atoms with Crippen LogP contribution in [0, 0.1) is 11.7 Å². The van der Waals surface area contributed by atoms with Gasteiger partial charge in [-0.25, -0.2) is 4.39 Å². The van der Waals surface area contributed by atoms with Crippen molar-refractivity contribution in [2.24, 2.45) is 5.92 Å². The zero-order valence-electron chi connectivity index (χ0n) is 17.2. The van der Waals surface area contributed by atoms with Crippen LogP contribution in [0.1, 0.15) is 47.4 Å². The molecule has 0 saturated carbocycles. The van der Waals surface area contributed by atoms with E-state index >= 15 is 0 Å². The number of halogens is 2. The fourth-order valence-corrected chi connectivity index (χ4v) is 3.68. The summed E-state index contributed by atoms with van der Waals surface area (Å²) in [5.74, 6) is -0.0180. The SMILES string of the molecule is CC(C)NC(=O)c1ccc(OC[C@@H]2CCCN(C(=O)c3cc(F)ccc3Cl)C2)cc1. The van der Waals surface area contributed by atoms with Crippen molar-refractivity contribution >= 4 is 23.4 Å². The van der Waals surface area contributed by atoms with E-state index in [2.05, 4.69) is 5.32 Å². The summed E-state index contributed by atoms with van der Waals surface area (Å²) >= 11 is 6.08. The second-order valence-corrected chi connectivity index (χ2v) is 8.25. The summed E-state index contributed by atoms with van der Waals surface area (Å²) in [6.07, 6.45) is 1.79. The van der Waals surface area contributed by atoms with Gasteiger partial charge in [-0.15, -0.1) is 0 Å². The number of rotatable bonds is 6. The molecule has 1 atom stereocenters. The van der Waals surface area contributed by atoms with Crippen LogP contribution in [-0.2, 0) is 0 Å². The maximum absolute atomic E-state index is 13.5. The fourth-order valence-electron chi connectivity index (χ4n) is 3.48. The summed E-state index contributed by atoms with van der Waals surface area (Å²) in [6.45, 7) is 5.42. The van der Waals surface area contributed by atoms with Crippen molar-refractivity contribution in [3.05, 3.63) is 64.4 Å². The van der Waals surface area contributed by atoms with Gasteiger partial charge in [0.2, 0.25) is 0 Å². The van der Waals surface area contributed by atoms with Gasteiger partial charge in [0.05, 0.1) is 17.2 Å². The Kier molecular flexibility index (Phi) is 7.32. The number of likely N-dealkylation sites (tertiary alicyclic amines) is 1. The highest BCUT2D eigenvalue weighted by Gasteiger charge is 2.26. The first-order valence-electron chi connectivity index (χ1n) is 10.1. The molecule has 1 heterocycles. The van der Waals surface area contributed by atoms with Crippen LogP contribution in [0.5, 0.6) is 5.75 Å². The minimum absolute atomic E-state index is 0.0765. The van der Waals surface area contributed by atoms with Crippen molar-refractivity contribution in [3.63, 3.8) is 0 Å². The molecule has 2 amide bonds. The lowest BCUT2D eigenvalue weighted by Gasteiger charge is -2.33. The molecule has 1 saturated heterocycles. The number of nitrogens with one attached hydrogen (secondary N) is 1. The third-order valence-corrected chi connectivity index (χ3v) is 5.32. The summed E-state index contributed by atoms with van der Waals surface area (Å²) in [6, 6.07) is 10.9. The highest BCUT2D eigenvalue weighted by Crippen LogP contribution is 2.24. The first-order chi connectivity index (χ1) is 14.3. The maximum Gasteiger partial charge on any atom is 0.255 e. The van der Waals surface area contributed by atoms with Gasteiger partial charge in [-0.1, -0.05) is 11.6 Å². The molecule has 3 rings (SSSR count). The highest BCUT2D eigenvalue weighted by molar-refractivity contribution is 6.33. The van der Waals surface area contributed by atoms with Crippen LogP contribution in [0.25, 0.3) is 0 Å². The van der Waals surface area contributed by atoms with Gasteiger partial charge in [-0.3, -0.25) is 9.59 Å². The Morgan fingerprint density at radius 2 is 1.97 bits per heavy atom. The minimum atomic E-state index is -0.481. The van der Waals surface area contributed by atoms with Crippen molar-refractivity contribution < 1.29 is 18.7 Å². The van der Waals surface area contributed by atoms with Crippen molar-refractivity contribution in [3.8, 4) is 5.75 Å². The molecule has 0 radical (unpaired) electrons. The van der Waals surface area contributed by atoms with Gasteiger partial charge in [0.1, 0.15) is 11.6 Å². The lowest BCUT2D eigenvalue weighted by molar-refractivity contribution is 0.0633. The van der Waals surface area contributed by atoms with Gasteiger partial charge < -0.3 is 15.0 Å². The number of carbonyl (C=O) groups excluding carboxylic acids is 2. The molecule has 30 heavy (non-hydrogen) atoms. The predicted octanol–water partition coefficient (Wildman–Crippen LogP) is 4.55. The number of benzene rings is 2. The smallest absolute Gasteiger partial charge is 0.255 e. The third-order valence-electron chi connectivity index (χ3n) is 4.99. The predicted molar refractivity (Wildman–Crippen MR) is 115 cm³/mol. The van der Waals surface area contributed by atoms with Crippen LogP contribution >= 0.6 is 11.6 Å². The van der Waals surface area contributed by atoms with E-state index in [1.54, 1.807) is 29.2 Å². The number of ether oxygens (including phenoxy) is 1. The Bertz CT molecular complexity index is 902. The van der Waals surface area contributed by atoms with Crippen LogP contribution in [0.2, 0.25) is 5.02 Å². The van der Waals surface area contributed by atoms with Crippen LogP contribution in [-0.4, -0.2) is 42.5 Å². The first-order valence-corrected chi connectivity index (χ1v) is 10.5. The number of piperidine rings is 1. The third kappa shape index (κ3) is 5.72. The fraction of sp³-hybridized carbons (Fsp3) is 0.391. The Morgan fingerprint density at radius 3 is 2.67 bits per heavy atom. The molecule has 1 aliphatic heterocycles. The van der Waals surface area contributed by atoms with Crippen molar-refractivity contribution in [1.29, 1.82) is 0 Å². The molecular formula is C23H26ClFN2O3. The molecule has 160 valence electrons. The number of amides is 2. The van der Waals surface area contributed by atoms with E-state index in [4.69, 9.17) is 16.3 Å². The van der Waals surface area contributed by atoms with E-state index in [9.17, 15) is 14.0 Å².